The number of aromatic nitrogens is 2. The summed E-state index contributed by atoms with van der Waals surface area (Å²) in [6.45, 7) is 4.52. The Labute approximate surface area is 117 Å². The normalized spacial score (nSPS) is 11.6. The molecule has 1 rings (SSSR count). The Morgan fingerprint density at radius 1 is 1.53 bits per heavy atom. The molecule has 0 aliphatic carbocycles. The van der Waals surface area contributed by atoms with E-state index in [1.165, 1.54) is 6.20 Å². The van der Waals surface area contributed by atoms with Crippen LogP contribution in [0.1, 0.15) is 26.7 Å². The van der Waals surface area contributed by atoms with E-state index in [1.54, 1.807) is 0 Å². The summed E-state index contributed by atoms with van der Waals surface area (Å²) in [7, 11) is 0. The first-order valence-corrected chi connectivity index (χ1v) is 6.74. The van der Waals surface area contributed by atoms with Gasteiger partial charge in [0.25, 0.3) is 5.56 Å². The number of aliphatic hydroxyl groups is 1. The highest BCUT2D eigenvalue weighted by Gasteiger charge is 2.20. The van der Waals surface area contributed by atoms with Crippen LogP contribution in [0.4, 0.5) is 5.69 Å². The van der Waals surface area contributed by atoms with Gasteiger partial charge in [-0.15, -0.1) is 0 Å². The molecule has 1 aromatic heterocycles. The van der Waals surface area contributed by atoms with Gasteiger partial charge in [-0.1, -0.05) is 25.4 Å². The SMILES string of the molecule is CCC(N)(CC)CNc1cnn(CCO)c(=O)c1Cl. The summed E-state index contributed by atoms with van der Waals surface area (Å²) < 4.78 is 1.13. The molecule has 6 nitrogen and oxygen atoms in total. The molecule has 0 fully saturated rings. The van der Waals surface area contributed by atoms with E-state index in [9.17, 15) is 4.79 Å². The van der Waals surface area contributed by atoms with E-state index in [4.69, 9.17) is 22.4 Å². The number of rotatable bonds is 7. The van der Waals surface area contributed by atoms with Crippen molar-refractivity contribution in [2.45, 2.75) is 38.8 Å². The molecule has 0 amide bonds. The molecule has 19 heavy (non-hydrogen) atoms. The number of nitrogens with zero attached hydrogens (tertiary/aromatic N) is 2. The zero-order chi connectivity index (χ0) is 14.5. The van der Waals surface area contributed by atoms with E-state index in [1.807, 2.05) is 13.8 Å². The lowest BCUT2D eigenvalue weighted by Gasteiger charge is -2.27. The molecule has 0 aliphatic rings. The van der Waals surface area contributed by atoms with Crippen molar-refractivity contribution in [1.29, 1.82) is 0 Å². The Bertz CT molecular complexity index is 471. The van der Waals surface area contributed by atoms with E-state index in [0.717, 1.165) is 17.5 Å². The monoisotopic (exact) mass is 288 g/mol. The van der Waals surface area contributed by atoms with Crippen LogP contribution in [0, 0.1) is 0 Å². The molecule has 4 N–H and O–H groups in total. The van der Waals surface area contributed by atoms with Crippen LogP contribution in [0.5, 0.6) is 0 Å². The van der Waals surface area contributed by atoms with Gasteiger partial charge in [0.15, 0.2) is 0 Å². The summed E-state index contributed by atoms with van der Waals surface area (Å²) in [6, 6.07) is 0. The summed E-state index contributed by atoms with van der Waals surface area (Å²) in [4.78, 5) is 11.8. The second-order valence-corrected chi connectivity index (χ2v) is 4.93. The highest BCUT2D eigenvalue weighted by atomic mass is 35.5. The summed E-state index contributed by atoms with van der Waals surface area (Å²) in [5.74, 6) is 0. The zero-order valence-corrected chi connectivity index (χ0v) is 12.1. The van der Waals surface area contributed by atoms with Gasteiger partial charge in [0, 0.05) is 12.1 Å². The second kappa shape index (κ2) is 6.88. The van der Waals surface area contributed by atoms with Crippen LogP contribution in [0.2, 0.25) is 5.02 Å². The van der Waals surface area contributed by atoms with E-state index < -0.39 is 5.56 Å². The smallest absolute Gasteiger partial charge is 0.287 e. The molecule has 0 unspecified atom stereocenters. The molecule has 0 saturated heterocycles. The van der Waals surface area contributed by atoms with Crippen molar-refractivity contribution in [3.05, 3.63) is 21.6 Å². The van der Waals surface area contributed by atoms with E-state index in [2.05, 4.69) is 10.4 Å². The molecule has 0 bridgehead atoms. The van der Waals surface area contributed by atoms with Crippen molar-refractivity contribution in [3.63, 3.8) is 0 Å². The molecular weight excluding hydrogens is 268 g/mol. The molecule has 0 saturated carbocycles. The maximum atomic E-state index is 11.8. The summed E-state index contributed by atoms with van der Waals surface area (Å²) >= 11 is 5.99. The molecule has 1 aromatic rings. The van der Waals surface area contributed by atoms with Gasteiger partial charge in [-0.25, -0.2) is 4.68 Å². The minimum atomic E-state index is -0.420. The highest BCUT2D eigenvalue weighted by Crippen LogP contribution is 2.18. The number of nitrogens with one attached hydrogen (secondary N) is 1. The van der Waals surface area contributed by atoms with Crippen molar-refractivity contribution < 1.29 is 5.11 Å². The van der Waals surface area contributed by atoms with Gasteiger partial charge in [-0.3, -0.25) is 4.79 Å². The number of anilines is 1. The Hall–Kier alpha value is -1.11. The number of halogens is 1. The largest absolute Gasteiger partial charge is 0.394 e. The lowest BCUT2D eigenvalue weighted by Crippen LogP contribution is -2.45. The first-order valence-electron chi connectivity index (χ1n) is 6.36. The molecule has 0 radical (unpaired) electrons. The number of aliphatic hydroxyl groups excluding tert-OH is 1. The first kappa shape index (κ1) is 15.9. The van der Waals surface area contributed by atoms with Crippen molar-refractivity contribution in [1.82, 2.24) is 9.78 Å². The molecule has 1 heterocycles. The van der Waals surface area contributed by atoms with Gasteiger partial charge in [0.2, 0.25) is 0 Å². The molecular formula is C12H21ClN4O2. The molecule has 0 aromatic carbocycles. The summed E-state index contributed by atoms with van der Waals surface area (Å²) in [5, 5.41) is 15.9. The van der Waals surface area contributed by atoms with Crippen molar-refractivity contribution in [2.24, 2.45) is 5.73 Å². The van der Waals surface area contributed by atoms with Crippen molar-refractivity contribution in [2.75, 3.05) is 18.5 Å². The van der Waals surface area contributed by atoms with Gasteiger partial charge in [0.1, 0.15) is 5.02 Å². The highest BCUT2D eigenvalue weighted by molar-refractivity contribution is 6.32. The fourth-order valence-electron chi connectivity index (χ4n) is 1.61. The zero-order valence-electron chi connectivity index (χ0n) is 11.3. The summed E-state index contributed by atoms with van der Waals surface area (Å²) in [6.07, 6.45) is 3.12. The third-order valence-electron chi connectivity index (χ3n) is 3.34. The number of hydrogen-bond donors (Lipinski definition) is 3. The maximum absolute atomic E-state index is 11.8. The summed E-state index contributed by atoms with van der Waals surface area (Å²) in [5.41, 5.74) is 5.89. The van der Waals surface area contributed by atoms with Gasteiger partial charge >= 0.3 is 0 Å². The van der Waals surface area contributed by atoms with Crippen LogP contribution < -0.4 is 16.6 Å². The van der Waals surface area contributed by atoms with Gasteiger partial charge in [0.05, 0.1) is 25.0 Å². The fourth-order valence-corrected chi connectivity index (χ4v) is 1.83. The fraction of sp³-hybridized carbons (Fsp3) is 0.667. The quantitative estimate of drug-likeness (QED) is 0.691. The van der Waals surface area contributed by atoms with Crippen LogP contribution in [0.25, 0.3) is 0 Å². The van der Waals surface area contributed by atoms with Gasteiger partial charge in [-0.2, -0.15) is 5.10 Å². The number of nitrogens with two attached hydrogens (primary N) is 1. The van der Waals surface area contributed by atoms with E-state index in [-0.39, 0.29) is 23.7 Å². The Balaban J connectivity index is 2.86. The molecule has 0 aliphatic heterocycles. The topological polar surface area (TPSA) is 93.2 Å². The van der Waals surface area contributed by atoms with Crippen LogP contribution in [-0.4, -0.2) is 33.6 Å². The lowest BCUT2D eigenvalue weighted by molar-refractivity contribution is 0.266. The van der Waals surface area contributed by atoms with Crippen molar-refractivity contribution in [3.8, 4) is 0 Å². The van der Waals surface area contributed by atoms with Crippen LogP contribution in [0.15, 0.2) is 11.0 Å². The third kappa shape index (κ3) is 3.92. The predicted octanol–water partition coefficient (Wildman–Crippen LogP) is 0.818. The minimum Gasteiger partial charge on any atom is -0.394 e. The maximum Gasteiger partial charge on any atom is 0.287 e. The molecule has 0 spiro atoms. The second-order valence-electron chi connectivity index (χ2n) is 4.55. The molecule has 108 valence electrons. The van der Waals surface area contributed by atoms with Crippen LogP contribution in [0.3, 0.4) is 0 Å². The first-order chi connectivity index (χ1) is 8.97. The molecule has 7 heteroatoms. The van der Waals surface area contributed by atoms with Crippen LogP contribution in [-0.2, 0) is 6.54 Å². The number of hydrogen-bond acceptors (Lipinski definition) is 5. The standard InChI is InChI=1S/C12H21ClN4O2/c1-3-12(14,4-2)8-15-9-7-16-17(5-6-18)11(19)10(9)13/h7,15,18H,3-6,8,14H2,1-2H3. The average Bonchev–Trinajstić information content (AvgIpc) is 2.43. The Kier molecular flexibility index (Phi) is 5.78. The van der Waals surface area contributed by atoms with Gasteiger partial charge in [-0.05, 0) is 12.8 Å². The minimum absolute atomic E-state index is 0.0676. The molecule has 0 atom stereocenters. The van der Waals surface area contributed by atoms with Gasteiger partial charge < -0.3 is 16.2 Å². The predicted molar refractivity (Wildman–Crippen MR) is 76.6 cm³/mol. The van der Waals surface area contributed by atoms with E-state index in [0.29, 0.717) is 12.2 Å². The van der Waals surface area contributed by atoms with Crippen LogP contribution >= 0.6 is 11.6 Å². The third-order valence-corrected chi connectivity index (χ3v) is 3.70. The average molecular weight is 289 g/mol. The Morgan fingerprint density at radius 2 is 2.16 bits per heavy atom. The Morgan fingerprint density at radius 3 is 2.68 bits per heavy atom. The lowest BCUT2D eigenvalue weighted by atomic mass is 9.94. The van der Waals surface area contributed by atoms with E-state index >= 15 is 0 Å². The van der Waals surface area contributed by atoms with Crippen molar-refractivity contribution >= 4 is 17.3 Å².